The van der Waals surface area contributed by atoms with Gasteiger partial charge in [0.15, 0.2) is 5.82 Å². The molecule has 0 spiro atoms. The number of nitrogens with zero attached hydrogens (tertiary/aromatic N) is 3. The van der Waals surface area contributed by atoms with Crippen LogP contribution in [-0.2, 0) is 0 Å². The van der Waals surface area contributed by atoms with Gasteiger partial charge < -0.3 is 0 Å². The highest BCUT2D eigenvalue weighted by Crippen LogP contribution is 2.22. The molecule has 0 aromatic carbocycles. The van der Waals surface area contributed by atoms with Crippen molar-refractivity contribution in [2.75, 3.05) is 0 Å². The third kappa shape index (κ3) is 1.32. The van der Waals surface area contributed by atoms with E-state index in [1.807, 2.05) is 0 Å². The average Bonchev–Trinajstić information content (AvgIpc) is 2.12. The fraction of sp³-hybridized carbons (Fsp3) is 0.222. The van der Waals surface area contributed by atoms with E-state index in [1.165, 1.54) is 6.20 Å². The molecule has 0 aliphatic heterocycles. The van der Waals surface area contributed by atoms with E-state index in [4.69, 9.17) is 11.6 Å². The van der Waals surface area contributed by atoms with E-state index in [0.717, 1.165) is 0 Å². The predicted molar refractivity (Wildman–Crippen MR) is 51.8 cm³/mol. The number of pyridine rings is 1. The maximum atomic E-state index is 13.5. The summed E-state index contributed by atoms with van der Waals surface area (Å²) in [5, 5.41) is 0.680. The zero-order chi connectivity index (χ0) is 10.3. The van der Waals surface area contributed by atoms with Crippen molar-refractivity contribution < 1.29 is 4.39 Å². The van der Waals surface area contributed by atoms with Crippen LogP contribution in [0.25, 0.3) is 10.9 Å². The number of hydrogen-bond acceptors (Lipinski definition) is 3. The molecule has 0 N–H and O–H groups in total. The van der Waals surface area contributed by atoms with Crippen molar-refractivity contribution in [3.63, 3.8) is 0 Å². The lowest BCUT2D eigenvalue weighted by Gasteiger charge is -2.03. The van der Waals surface area contributed by atoms with Gasteiger partial charge in [-0.2, -0.15) is 0 Å². The van der Waals surface area contributed by atoms with Crippen molar-refractivity contribution in [1.82, 2.24) is 15.0 Å². The summed E-state index contributed by atoms with van der Waals surface area (Å²) in [5.41, 5.74) is 0.543. The fourth-order valence-electron chi connectivity index (χ4n) is 1.22. The summed E-state index contributed by atoms with van der Waals surface area (Å²) in [4.78, 5) is 11.8. The molecule has 5 heteroatoms. The van der Waals surface area contributed by atoms with Gasteiger partial charge in [-0.25, -0.2) is 14.4 Å². The Hall–Kier alpha value is -1.29. The lowest BCUT2D eigenvalue weighted by Crippen LogP contribution is -1.96. The smallest absolute Gasteiger partial charge is 0.170 e. The maximum Gasteiger partial charge on any atom is 0.170 e. The molecule has 0 amide bonds. The molecule has 0 fully saturated rings. The first-order chi connectivity index (χ1) is 6.59. The Morgan fingerprint density at radius 1 is 1.29 bits per heavy atom. The van der Waals surface area contributed by atoms with E-state index in [-0.39, 0.29) is 10.7 Å². The zero-order valence-corrected chi connectivity index (χ0v) is 8.43. The van der Waals surface area contributed by atoms with Crippen LogP contribution in [0.5, 0.6) is 0 Å². The van der Waals surface area contributed by atoms with Gasteiger partial charge in [0.25, 0.3) is 0 Å². The van der Waals surface area contributed by atoms with E-state index in [2.05, 4.69) is 15.0 Å². The Balaban J connectivity index is 2.95. The Kier molecular flexibility index (Phi) is 2.07. The normalized spacial score (nSPS) is 10.9. The summed E-state index contributed by atoms with van der Waals surface area (Å²) in [7, 11) is 0. The van der Waals surface area contributed by atoms with Crippen LogP contribution in [-0.4, -0.2) is 15.0 Å². The van der Waals surface area contributed by atoms with Crippen molar-refractivity contribution >= 4 is 22.5 Å². The third-order valence-corrected chi connectivity index (χ3v) is 2.21. The zero-order valence-electron chi connectivity index (χ0n) is 7.67. The van der Waals surface area contributed by atoms with Gasteiger partial charge in [0, 0.05) is 6.20 Å². The minimum Gasteiger partial charge on any atom is -0.258 e. The summed E-state index contributed by atoms with van der Waals surface area (Å²) >= 11 is 5.83. The molecule has 0 aliphatic rings. The highest BCUT2D eigenvalue weighted by Gasteiger charge is 2.10. The standard InChI is InChI=1S/C9H7ClFN3/c1-4-7(11)8-6(3-12-4)9(10)14-5(2)13-8/h3H,1-2H3. The van der Waals surface area contributed by atoms with Gasteiger partial charge in [-0.3, -0.25) is 4.98 Å². The van der Waals surface area contributed by atoms with Crippen LogP contribution >= 0.6 is 11.6 Å². The molecule has 2 rings (SSSR count). The summed E-state index contributed by atoms with van der Waals surface area (Å²) in [6.07, 6.45) is 1.48. The number of hydrogen-bond donors (Lipinski definition) is 0. The first-order valence-corrected chi connectivity index (χ1v) is 4.42. The molecule has 2 aromatic rings. The van der Waals surface area contributed by atoms with Crippen molar-refractivity contribution in [2.45, 2.75) is 13.8 Å². The SMILES string of the molecule is Cc1nc(Cl)c2cnc(C)c(F)c2n1. The summed E-state index contributed by atoms with van der Waals surface area (Å²) in [6, 6.07) is 0. The van der Waals surface area contributed by atoms with Gasteiger partial charge in [0.1, 0.15) is 16.5 Å². The summed E-state index contributed by atoms with van der Waals surface area (Å²) in [6.45, 7) is 3.25. The van der Waals surface area contributed by atoms with Gasteiger partial charge in [-0.1, -0.05) is 11.6 Å². The molecule has 0 atom stereocenters. The second kappa shape index (κ2) is 3.13. The van der Waals surface area contributed by atoms with Crippen LogP contribution in [0, 0.1) is 19.7 Å². The van der Waals surface area contributed by atoms with Crippen LogP contribution in [0.3, 0.4) is 0 Å². The molecule has 0 radical (unpaired) electrons. The van der Waals surface area contributed by atoms with Gasteiger partial charge in [0.05, 0.1) is 11.1 Å². The highest BCUT2D eigenvalue weighted by atomic mass is 35.5. The predicted octanol–water partition coefficient (Wildman–Crippen LogP) is 2.43. The van der Waals surface area contributed by atoms with E-state index in [0.29, 0.717) is 16.9 Å². The molecule has 14 heavy (non-hydrogen) atoms. The van der Waals surface area contributed by atoms with Crippen molar-refractivity contribution in [1.29, 1.82) is 0 Å². The molecule has 2 aromatic heterocycles. The van der Waals surface area contributed by atoms with E-state index >= 15 is 0 Å². The van der Waals surface area contributed by atoms with Crippen molar-refractivity contribution in [3.8, 4) is 0 Å². The van der Waals surface area contributed by atoms with Gasteiger partial charge in [-0.15, -0.1) is 0 Å². The first kappa shape index (κ1) is 9.27. The molecule has 3 nitrogen and oxygen atoms in total. The monoisotopic (exact) mass is 211 g/mol. The quantitative estimate of drug-likeness (QED) is 0.629. The largest absolute Gasteiger partial charge is 0.258 e. The van der Waals surface area contributed by atoms with Crippen LogP contribution in [0.15, 0.2) is 6.20 Å². The van der Waals surface area contributed by atoms with Crippen molar-refractivity contribution in [3.05, 3.63) is 28.7 Å². The molecule has 0 unspecified atom stereocenters. The lowest BCUT2D eigenvalue weighted by molar-refractivity contribution is 0.618. The van der Waals surface area contributed by atoms with E-state index in [1.54, 1.807) is 13.8 Å². The molecule has 0 saturated heterocycles. The van der Waals surface area contributed by atoms with Crippen LogP contribution in [0.4, 0.5) is 4.39 Å². The maximum absolute atomic E-state index is 13.5. The molecule has 72 valence electrons. The molecular formula is C9H7ClFN3. The Labute approximate surface area is 85.0 Å². The Bertz CT molecular complexity index is 513. The molecular weight excluding hydrogens is 205 g/mol. The summed E-state index contributed by atoms with van der Waals surface area (Å²) in [5.74, 6) is 0.0156. The number of rotatable bonds is 0. The lowest BCUT2D eigenvalue weighted by atomic mass is 10.2. The number of aromatic nitrogens is 3. The molecule has 0 bridgehead atoms. The van der Waals surface area contributed by atoms with Crippen LogP contribution in [0.1, 0.15) is 11.5 Å². The minimum atomic E-state index is -0.435. The topological polar surface area (TPSA) is 38.7 Å². The van der Waals surface area contributed by atoms with E-state index in [9.17, 15) is 4.39 Å². The number of halogens is 2. The van der Waals surface area contributed by atoms with Gasteiger partial charge >= 0.3 is 0 Å². The van der Waals surface area contributed by atoms with E-state index < -0.39 is 5.82 Å². The average molecular weight is 212 g/mol. The minimum absolute atomic E-state index is 0.231. The Morgan fingerprint density at radius 3 is 2.71 bits per heavy atom. The first-order valence-electron chi connectivity index (χ1n) is 4.04. The van der Waals surface area contributed by atoms with Crippen LogP contribution < -0.4 is 0 Å². The fourth-order valence-corrected chi connectivity index (χ4v) is 1.48. The second-order valence-corrected chi connectivity index (χ2v) is 3.34. The highest BCUT2D eigenvalue weighted by molar-refractivity contribution is 6.34. The summed E-state index contributed by atoms with van der Waals surface area (Å²) < 4.78 is 13.5. The molecule has 0 saturated carbocycles. The van der Waals surface area contributed by atoms with Crippen LogP contribution in [0.2, 0.25) is 5.15 Å². The number of fused-ring (bicyclic) bond motifs is 1. The third-order valence-electron chi connectivity index (χ3n) is 1.92. The molecule has 2 heterocycles. The van der Waals surface area contributed by atoms with Gasteiger partial charge in [0.2, 0.25) is 0 Å². The number of aryl methyl sites for hydroxylation is 2. The molecule has 0 aliphatic carbocycles. The second-order valence-electron chi connectivity index (χ2n) is 2.98. The van der Waals surface area contributed by atoms with Gasteiger partial charge in [-0.05, 0) is 13.8 Å². The van der Waals surface area contributed by atoms with Crippen molar-refractivity contribution in [2.24, 2.45) is 0 Å². The Morgan fingerprint density at radius 2 is 2.00 bits per heavy atom.